The van der Waals surface area contributed by atoms with Gasteiger partial charge in [-0.1, -0.05) is 30.4 Å². The van der Waals surface area contributed by atoms with E-state index in [1.807, 2.05) is 7.05 Å². The van der Waals surface area contributed by atoms with Crippen molar-refractivity contribution < 1.29 is 8.42 Å². The van der Waals surface area contributed by atoms with Crippen molar-refractivity contribution in [2.75, 3.05) is 20.1 Å². The summed E-state index contributed by atoms with van der Waals surface area (Å²) in [6.45, 7) is 5.41. The van der Waals surface area contributed by atoms with Gasteiger partial charge in [-0.15, -0.1) is 0 Å². The molecule has 3 N–H and O–H groups in total. The molecule has 0 radical (unpaired) electrons. The molecule has 1 aromatic rings. The topological polar surface area (TPSA) is 75.4 Å². The summed E-state index contributed by atoms with van der Waals surface area (Å²) in [5.74, 6) is 0. The standard InChI is InChI=1S/C14H23N3O2S2/c1-11(2)17(3)10-6-9-16-21(18,19)13-8-5-4-7-12(13)14(15)20/h4-5,7-8,11,16H,6,9-10H2,1-3H3,(H2,15,20). The first-order valence-electron chi connectivity index (χ1n) is 6.84. The molecule has 0 amide bonds. The second-order valence-corrected chi connectivity index (χ2v) is 7.36. The molecule has 0 bridgehead atoms. The van der Waals surface area contributed by atoms with Gasteiger partial charge in [0.1, 0.15) is 4.99 Å². The first-order valence-corrected chi connectivity index (χ1v) is 8.73. The third-order valence-corrected chi connectivity index (χ3v) is 5.04. The van der Waals surface area contributed by atoms with Gasteiger partial charge in [0, 0.05) is 18.2 Å². The van der Waals surface area contributed by atoms with Gasteiger partial charge in [0.2, 0.25) is 10.0 Å². The van der Waals surface area contributed by atoms with E-state index in [-0.39, 0.29) is 9.88 Å². The molecule has 0 saturated carbocycles. The average Bonchev–Trinajstić information content (AvgIpc) is 2.43. The van der Waals surface area contributed by atoms with Crippen LogP contribution in [0.25, 0.3) is 0 Å². The van der Waals surface area contributed by atoms with Crippen LogP contribution in [0.1, 0.15) is 25.8 Å². The molecule has 1 aromatic carbocycles. The highest BCUT2D eigenvalue weighted by Crippen LogP contribution is 2.15. The van der Waals surface area contributed by atoms with Crippen LogP contribution in [-0.2, 0) is 10.0 Å². The van der Waals surface area contributed by atoms with Crippen molar-refractivity contribution in [1.82, 2.24) is 9.62 Å². The van der Waals surface area contributed by atoms with Crippen LogP contribution in [0, 0.1) is 0 Å². The highest BCUT2D eigenvalue weighted by atomic mass is 32.2. The fourth-order valence-corrected chi connectivity index (χ4v) is 3.31. The van der Waals surface area contributed by atoms with Crippen molar-refractivity contribution in [3.05, 3.63) is 29.8 Å². The lowest BCUT2D eigenvalue weighted by Crippen LogP contribution is -2.32. The van der Waals surface area contributed by atoms with Crippen molar-refractivity contribution in [3.8, 4) is 0 Å². The van der Waals surface area contributed by atoms with Crippen molar-refractivity contribution >= 4 is 27.2 Å². The summed E-state index contributed by atoms with van der Waals surface area (Å²) in [6.07, 6.45) is 0.739. The number of nitrogens with zero attached hydrogens (tertiary/aromatic N) is 1. The Bertz CT molecular complexity index is 586. The Labute approximate surface area is 132 Å². The summed E-state index contributed by atoms with van der Waals surface area (Å²) < 4.78 is 27.2. The summed E-state index contributed by atoms with van der Waals surface area (Å²) >= 11 is 4.90. The molecule has 118 valence electrons. The number of thiocarbonyl (C=S) groups is 1. The molecule has 0 aliphatic heterocycles. The van der Waals surface area contributed by atoms with E-state index in [0.29, 0.717) is 18.2 Å². The molecule has 7 heteroatoms. The molecule has 1 rings (SSSR count). The fourth-order valence-electron chi connectivity index (χ4n) is 1.78. The number of rotatable bonds is 8. The molecule has 0 aromatic heterocycles. The third-order valence-electron chi connectivity index (χ3n) is 3.30. The van der Waals surface area contributed by atoms with Crippen LogP contribution in [-0.4, -0.2) is 44.5 Å². The van der Waals surface area contributed by atoms with E-state index < -0.39 is 10.0 Å². The third kappa shape index (κ3) is 5.35. The van der Waals surface area contributed by atoms with Crippen LogP contribution in [0.5, 0.6) is 0 Å². The Kier molecular flexibility index (Phi) is 6.73. The lowest BCUT2D eigenvalue weighted by Gasteiger charge is -2.20. The van der Waals surface area contributed by atoms with Gasteiger partial charge < -0.3 is 10.6 Å². The van der Waals surface area contributed by atoms with Crippen LogP contribution in [0.3, 0.4) is 0 Å². The molecule has 0 heterocycles. The number of nitrogens with one attached hydrogen (secondary N) is 1. The minimum atomic E-state index is -3.59. The minimum absolute atomic E-state index is 0.0792. The first kappa shape index (κ1) is 18.0. The lowest BCUT2D eigenvalue weighted by molar-refractivity contribution is 0.271. The molecule has 0 saturated heterocycles. The second kappa shape index (κ2) is 7.84. The minimum Gasteiger partial charge on any atom is -0.389 e. The van der Waals surface area contributed by atoms with Crippen molar-refractivity contribution in [1.29, 1.82) is 0 Å². The van der Waals surface area contributed by atoms with Crippen LogP contribution in [0.2, 0.25) is 0 Å². The molecule has 5 nitrogen and oxygen atoms in total. The molecular weight excluding hydrogens is 306 g/mol. The van der Waals surface area contributed by atoms with Crippen molar-refractivity contribution in [3.63, 3.8) is 0 Å². The number of hydrogen-bond acceptors (Lipinski definition) is 4. The smallest absolute Gasteiger partial charge is 0.241 e. The van der Waals surface area contributed by atoms with Crippen LogP contribution in [0.15, 0.2) is 29.2 Å². The van der Waals surface area contributed by atoms with Crippen molar-refractivity contribution in [2.24, 2.45) is 5.73 Å². The first-order chi connectivity index (χ1) is 9.75. The average molecular weight is 329 g/mol. The molecule has 0 aliphatic carbocycles. The van der Waals surface area contributed by atoms with Crippen LogP contribution in [0.4, 0.5) is 0 Å². The largest absolute Gasteiger partial charge is 0.389 e. The quantitative estimate of drug-likeness (QED) is 0.556. The Morgan fingerprint density at radius 2 is 2.00 bits per heavy atom. The fraction of sp³-hybridized carbons (Fsp3) is 0.500. The molecule has 0 spiro atoms. The maximum absolute atomic E-state index is 12.3. The lowest BCUT2D eigenvalue weighted by atomic mass is 10.2. The van der Waals surface area contributed by atoms with Gasteiger partial charge in [-0.25, -0.2) is 13.1 Å². The zero-order valence-electron chi connectivity index (χ0n) is 12.7. The second-order valence-electron chi connectivity index (χ2n) is 5.19. The molecular formula is C14H23N3O2S2. The SMILES string of the molecule is CC(C)N(C)CCCNS(=O)(=O)c1ccccc1C(N)=S. The molecule has 21 heavy (non-hydrogen) atoms. The van der Waals surface area contributed by atoms with E-state index in [4.69, 9.17) is 18.0 Å². The summed E-state index contributed by atoms with van der Waals surface area (Å²) in [5.41, 5.74) is 5.95. The number of nitrogens with two attached hydrogens (primary N) is 1. The number of hydrogen-bond donors (Lipinski definition) is 2. The van der Waals surface area contributed by atoms with Crippen molar-refractivity contribution in [2.45, 2.75) is 31.2 Å². The predicted molar refractivity (Wildman–Crippen MR) is 89.9 cm³/mol. The molecule has 0 unspecified atom stereocenters. The summed E-state index contributed by atoms with van der Waals surface area (Å²) in [7, 11) is -1.57. The van der Waals surface area contributed by atoms with E-state index in [9.17, 15) is 8.42 Å². The number of benzene rings is 1. The van der Waals surface area contributed by atoms with Gasteiger partial charge in [0.05, 0.1) is 4.90 Å². The van der Waals surface area contributed by atoms with Gasteiger partial charge in [-0.3, -0.25) is 0 Å². The summed E-state index contributed by atoms with van der Waals surface area (Å²) in [5, 5.41) is 0. The predicted octanol–water partition coefficient (Wildman–Crippen LogP) is 1.33. The molecule has 0 atom stereocenters. The van der Waals surface area contributed by atoms with E-state index in [0.717, 1.165) is 13.0 Å². The number of sulfonamides is 1. The summed E-state index contributed by atoms with van der Waals surface area (Å²) in [6, 6.07) is 6.94. The maximum atomic E-state index is 12.3. The van der Waals surface area contributed by atoms with Crippen LogP contribution < -0.4 is 10.5 Å². The highest BCUT2D eigenvalue weighted by molar-refractivity contribution is 7.89. The Morgan fingerprint density at radius 3 is 2.57 bits per heavy atom. The zero-order valence-corrected chi connectivity index (χ0v) is 14.3. The Hall–Kier alpha value is -1.02. The molecule has 0 fully saturated rings. The maximum Gasteiger partial charge on any atom is 0.241 e. The van der Waals surface area contributed by atoms with Crippen LogP contribution >= 0.6 is 12.2 Å². The van der Waals surface area contributed by atoms with Gasteiger partial charge in [0.15, 0.2) is 0 Å². The van der Waals surface area contributed by atoms with Gasteiger partial charge in [-0.2, -0.15) is 0 Å². The van der Waals surface area contributed by atoms with E-state index in [1.165, 1.54) is 6.07 Å². The van der Waals surface area contributed by atoms with E-state index in [1.54, 1.807) is 18.2 Å². The van der Waals surface area contributed by atoms with Gasteiger partial charge >= 0.3 is 0 Å². The zero-order chi connectivity index (χ0) is 16.0. The highest BCUT2D eigenvalue weighted by Gasteiger charge is 2.18. The molecule has 0 aliphatic rings. The monoisotopic (exact) mass is 329 g/mol. The Morgan fingerprint density at radius 1 is 1.38 bits per heavy atom. The normalized spacial score (nSPS) is 12.0. The summed E-state index contributed by atoms with van der Waals surface area (Å²) in [4.78, 5) is 2.38. The Balaban J connectivity index is 2.69. The van der Waals surface area contributed by atoms with E-state index in [2.05, 4.69) is 23.5 Å². The van der Waals surface area contributed by atoms with Gasteiger partial charge in [0.25, 0.3) is 0 Å². The van der Waals surface area contributed by atoms with E-state index >= 15 is 0 Å². The van der Waals surface area contributed by atoms with Gasteiger partial charge in [-0.05, 0) is 39.9 Å².